The van der Waals surface area contributed by atoms with Crippen LogP contribution in [-0.4, -0.2) is 5.60 Å². The average Bonchev–Trinajstić information content (AvgIpc) is 2.26. The van der Waals surface area contributed by atoms with E-state index in [2.05, 4.69) is 26.8 Å². The third kappa shape index (κ3) is 2.81. The van der Waals surface area contributed by atoms with E-state index in [-0.39, 0.29) is 11.6 Å². The topological polar surface area (TPSA) is 35.2 Å². The van der Waals surface area contributed by atoms with Gasteiger partial charge in [-0.1, -0.05) is 32.0 Å². The largest absolute Gasteiger partial charge is 0.487 e. The highest BCUT2D eigenvalue weighted by Crippen LogP contribution is 2.40. The SMILES string of the molecule is CC(C)CCC1(C)C[C@@H](N)c2ccccc2O1. The van der Waals surface area contributed by atoms with Crippen molar-refractivity contribution in [3.63, 3.8) is 0 Å². The van der Waals surface area contributed by atoms with Gasteiger partial charge in [-0.15, -0.1) is 0 Å². The first kappa shape index (κ1) is 12.4. The molecule has 2 heteroatoms. The van der Waals surface area contributed by atoms with Crippen molar-refractivity contribution in [1.29, 1.82) is 0 Å². The third-order valence-electron chi connectivity index (χ3n) is 3.58. The van der Waals surface area contributed by atoms with Gasteiger partial charge in [0, 0.05) is 18.0 Å². The molecule has 0 saturated carbocycles. The Kier molecular flexibility index (Phi) is 3.43. The summed E-state index contributed by atoms with van der Waals surface area (Å²) in [7, 11) is 0. The molecule has 0 saturated heterocycles. The Labute approximate surface area is 104 Å². The van der Waals surface area contributed by atoms with Gasteiger partial charge < -0.3 is 10.5 Å². The van der Waals surface area contributed by atoms with Gasteiger partial charge >= 0.3 is 0 Å². The van der Waals surface area contributed by atoms with Crippen molar-refractivity contribution in [2.45, 2.75) is 51.7 Å². The zero-order valence-corrected chi connectivity index (χ0v) is 11.1. The van der Waals surface area contributed by atoms with Gasteiger partial charge in [0.2, 0.25) is 0 Å². The molecular weight excluding hydrogens is 210 g/mol. The van der Waals surface area contributed by atoms with Gasteiger partial charge in [0.05, 0.1) is 0 Å². The summed E-state index contributed by atoms with van der Waals surface area (Å²) in [5, 5.41) is 0. The molecule has 1 aliphatic heterocycles. The molecule has 2 N–H and O–H groups in total. The van der Waals surface area contributed by atoms with Crippen molar-refractivity contribution in [2.75, 3.05) is 0 Å². The molecule has 0 aliphatic carbocycles. The molecule has 0 amide bonds. The molecule has 0 bridgehead atoms. The Morgan fingerprint density at radius 1 is 1.41 bits per heavy atom. The van der Waals surface area contributed by atoms with E-state index in [9.17, 15) is 0 Å². The van der Waals surface area contributed by atoms with Gasteiger partial charge in [-0.05, 0) is 31.7 Å². The zero-order chi connectivity index (χ0) is 12.5. The van der Waals surface area contributed by atoms with E-state index in [1.165, 1.54) is 6.42 Å². The minimum Gasteiger partial charge on any atom is -0.487 e. The van der Waals surface area contributed by atoms with Crippen molar-refractivity contribution < 1.29 is 4.74 Å². The highest BCUT2D eigenvalue weighted by atomic mass is 16.5. The Hall–Kier alpha value is -1.02. The number of ether oxygens (including phenoxy) is 1. The number of nitrogens with two attached hydrogens (primary N) is 1. The van der Waals surface area contributed by atoms with Crippen LogP contribution in [0.15, 0.2) is 24.3 Å². The Balaban J connectivity index is 2.15. The Morgan fingerprint density at radius 3 is 2.82 bits per heavy atom. The van der Waals surface area contributed by atoms with Crippen molar-refractivity contribution in [3.8, 4) is 5.75 Å². The molecule has 0 radical (unpaired) electrons. The van der Waals surface area contributed by atoms with Crippen LogP contribution < -0.4 is 10.5 Å². The monoisotopic (exact) mass is 233 g/mol. The van der Waals surface area contributed by atoms with Gasteiger partial charge in [-0.25, -0.2) is 0 Å². The first-order valence-electron chi connectivity index (χ1n) is 6.54. The quantitative estimate of drug-likeness (QED) is 0.864. The molecule has 2 nitrogen and oxygen atoms in total. The van der Waals surface area contributed by atoms with E-state index >= 15 is 0 Å². The molecule has 2 atom stereocenters. The predicted octanol–water partition coefficient (Wildman–Crippen LogP) is 3.66. The average molecular weight is 233 g/mol. The fourth-order valence-electron chi connectivity index (χ4n) is 2.51. The summed E-state index contributed by atoms with van der Waals surface area (Å²) in [6.45, 7) is 6.69. The number of para-hydroxylation sites is 1. The molecule has 0 fully saturated rings. The Bertz CT molecular complexity index is 388. The van der Waals surface area contributed by atoms with E-state index < -0.39 is 0 Å². The van der Waals surface area contributed by atoms with E-state index in [4.69, 9.17) is 10.5 Å². The van der Waals surface area contributed by atoms with Crippen LogP contribution >= 0.6 is 0 Å². The van der Waals surface area contributed by atoms with E-state index in [1.807, 2.05) is 18.2 Å². The summed E-state index contributed by atoms with van der Waals surface area (Å²) < 4.78 is 6.16. The molecule has 1 unspecified atom stereocenters. The fourth-order valence-corrected chi connectivity index (χ4v) is 2.51. The number of hydrogen-bond acceptors (Lipinski definition) is 2. The molecule has 1 aliphatic rings. The molecule has 0 spiro atoms. The summed E-state index contributed by atoms with van der Waals surface area (Å²) in [5.74, 6) is 1.68. The third-order valence-corrected chi connectivity index (χ3v) is 3.58. The van der Waals surface area contributed by atoms with Crippen LogP contribution in [0, 0.1) is 5.92 Å². The maximum atomic E-state index is 6.25. The first-order valence-corrected chi connectivity index (χ1v) is 6.54. The maximum absolute atomic E-state index is 6.25. The van der Waals surface area contributed by atoms with Crippen molar-refractivity contribution >= 4 is 0 Å². The standard InChI is InChI=1S/C15H23NO/c1-11(2)8-9-15(3)10-13(16)12-6-4-5-7-14(12)17-15/h4-7,11,13H,8-10,16H2,1-3H3/t13-,15?/m1/s1. The lowest BCUT2D eigenvalue weighted by molar-refractivity contribution is 0.0405. The van der Waals surface area contributed by atoms with Gasteiger partial charge in [-0.2, -0.15) is 0 Å². The molecular formula is C15H23NO. The van der Waals surface area contributed by atoms with Crippen molar-refractivity contribution in [3.05, 3.63) is 29.8 Å². The van der Waals surface area contributed by atoms with Gasteiger partial charge in [0.25, 0.3) is 0 Å². The summed E-state index contributed by atoms with van der Waals surface area (Å²) in [6, 6.07) is 8.25. The molecule has 0 aromatic heterocycles. The summed E-state index contributed by atoms with van der Waals surface area (Å²) >= 11 is 0. The van der Waals surface area contributed by atoms with Crippen LogP contribution in [-0.2, 0) is 0 Å². The number of benzene rings is 1. The van der Waals surface area contributed by atoms with Crippen LogP contribution in [0.2, 0.25) is 0 Å². The summed E-state index contributed by atoms with van der Waals surface area (Å²) in [4.78, 5) is 0. The first-order chi connectivity index (χ1) is 8.00. The van der Waals surface area contributed by atoms with Crippen LogP contribution in [0.3, 0.4) is 0 Å². The van der Waals surface area contributed by atoms with Crippen LogP contribution in [0.1, 0.15) is 51.6 Å². The molecule has 1 heterocycles. The lowest BCUT2D eigenvalue weighted by Gasteiger charge is -2.39. The maximum Gasteiger partial charge on any atom is 0.124 e. The number of rotatable bonds is 3. The highest BCUT2D eigenvalue weighted by molar-refractivity contribution is 5.38. The second kappa shape index (κ2) is 4.69. The molecule has 17 heavy (non-hydrogen) atoms. The van der Waals surface area contributed by atoms with Crippen LogP contribution in [0.4, 0.5) is 0 Å². The summed E-state index contributed by atoms with van der Waals surface area (Å²) in [5.41, 5.74) is 7.30. The van der Waals surface area contributed by atoms with Crippen LogP contribution in [0.5, 0.6) is 5.75 Å². The van der Waals surface area contributed by atoms with Crippen molar-refractivity contribution in [2.24, 2.45) is 11.7 Å². The van der Waals surface area contributed by atoms with Gasteiger partial charge in [0.1, 0.15) is 11.4 Å². The number of fused-ring (bicyclic) bond motifs is 1. The van der Waals surface area contributed by atoms with Gasteiger partial charge in [0.15, 0.2) is 0 Å². The van der Waals surface area contributed by atoms with Gasteiger partial charge in [-0.3, -0.25) is 0 Å². The van der Waals surface area contributed by atoms with Crippen LogP contribution in [0.25, 0.3) is 0 Å². The zero-order valence-electron chi connectivity index (χ0n) is 11.1. The molecule has 1 aromatic rings. The molecule has 2 rings (SSSR count). The highest BCUT2D eigenvalue weighted by Gasteiger charge is 2.35. The second-order valence-corrected chi connectivity index (χ2v) is 5.83. The second-order valence-electron chi connectivity index (χ2n) is 5.83. The van der Waals surface area contributed by atoms with E-state index in [1.54, 1.807) is 0 Å². The lowest BCUT2D eigenvalue weighted by atomic mass is 9.84. The fraction of sp³-hybridized carbons (Fsp3) is 0.600. The van der Waals surface area contributed by atoms with E-state index in [0.29, 0.717) is 5.92 Å². The predicted molar refractivity (Wildman–Crippen MR) is 71.1 cm³/mol. The Morgan fingerprint density at radius 2 is 2.12 bits per heavy atom. The minimum absolute atomic E-state index is 0.0992. The smallest absolute Gasteiger partial charge is 0.124 e. The minimum atomic E-state index is -0.0992. The lowest BCUT2D eigenvalue weighted by Crippen LogP contribution is -2.40. The summed E-state index contributed by atoms with van der Waals surface area (Å²) in [6.07, 6.45) is 3.18. The normalized spacial score (nSPS) is 27.7. The molecule has 94 valence electrons. The van der Waals surface area contributed by atoms with Crippen molar-refractivity contribution in [1.82, 2.24) is 0 Å². The number of hydrogen-bond donors (Lipinski definition) is 1. The van der Waals surface area contributed by atoms with E-state index in [0.717, 1.165) is 24.2 Å². The molecule has 1 aromatic carbocycles.